The molecule has 0 aliphatic rings. The van der Waals surface area contributed by atoms with Crippen LogP contribution in [-0.4, -0.2) is 8.05 Å². The van der Waals surface area contributed by atoms with Gasteiger partial charge < -0.3 is 4.65 Å². The highest BCUT2D eigenvalue weighted by Crippen LogP contribution is 2.22. The van der Waals surface area contributed by atoms with Crippen molar-refractivity contribution in [2.24, 2.45) is 0 Å². The van der Waals surface area contributed by atoms with E-state index in [2.05, 4.69) is 16.8 Å². The Bertz CT molecular complexity index is 412. The summed E-state index contributed by atoms with van der Waals surface area (Å²) in [6, 6.07) is 17.8. The van der Waals surface area contributed by atoms with Crippen molar-refractivity contribution in [3.63, 3.8) is 0 Å². The summed E-state index contributed by atoms with van der Waals surface area (Å²) in [6.45, 7) is 0. The zero-order valence-electron chi connectivity index (χ0n) is 7.68. The van der Waals surface area contributed by atoms with Crippen LogP contribution in [0.4, 0.5) is 0 Å². The monoisotopic (exact) mass is 180 g/mol. The van der Waals surface area contributed by atoms with Crippen LogP contribution in [0.15, 0.2) is 54.6 Å². The molecule has 2 radical (unpaired) electrons. The predicted octanol–water partition coefficient (Wildman–Crippen LogP) is 2.82. The van der Waals surface area contributed by atoms with E-state index in [0.717, 1.165) is 11.1 Å². The number of hydrogen-bond acceptors (Lipinski definition) is 1. The van der Waals surface area contributed by atoms with Crippen molar-refractivity contribution in [1.82, 2.24) is 0 Å². The van der Waals surface area contributed by atoms with Crippen LogP contribution in [-0.2, 0) is 0 Å². The highest BCUT2D eigenvalue weighted by atomic mass is 16.4. The Morgan fingerprint density at radius 3 is 2.21 bits per heavy atom. The van der Waals surface area contributed by atoms with E-state index >= 15 is 0 Å². The fourth-order valence-corrected chi connectivity index (χ4v) is 1.38. The van der Waals surface area contributed by atoms with Crippen molar-refractivity contribution in [2.45, 2.75) is 0 Å². The van der Waals surface area contributed by atoms with Crippen molar-refractivity contribution >= 4 is 8.05 Å². The molecule has 14 heavy (non-hydrogen) atoms. The van der Waals surface area contributed by atoms with E-state index in [-0.39, 0.29) is 0 Å². The second-order valence-electron chi connectivity index (χ2n) is 3.01. The summed E-state index contributed by atoms with van der Waals surface area (Å²) in [5.74, 6) is 0.673. The van der Waals surface area contributed by atoms with E-state index in [9.17, 15) is 0 Å². The first-order valence-electron chi connectivity index (χ1n) is 4.42. The molecule has 0 aliphatic heterocycles. The van der Waals surface area contributed by atoms with Gasteiger partial charge in [-0.1, -0.05) is 42.5 Å². The molecule has 0 unspecified atom stereocenters. The van der Waals surface area contributed by atoms with Gasteiger partial charge in [-0.25, -0.2) is 0 Å². The highest BCUT2D eigenvalue weighted by Gasteiger charge is 1.97. The highest BCUT2D eigenvalue weighted by molar-refractivity contribution is 6.00. The topological polar surface area (TPSA) is 9.23 Å². The van der Waals surface area contributed by atoms with Gasteiger partial charge >= 0.3 is 8.05 Å². The Hall–Kier alpha value is -1.70. The first-order chi connectivity index (χ1) is 6.90. The van der Waals surface area contributed by atoms with Gasteiger partial charge in [0.2, 0.25) is 0 Å². The van der Waals surface area contributed by atoms with Crippen LogP contribution in [0.25, 0.3) is 11.1 Å². The summed E-state index contributed by atoms with van der Waals surface area (Å²) < 4.78 is 4.68. The maximum Gasteiger partial charge on any atom is 0.374 e. The van der Waals surface area contributed by atoms with Crippen molar-refractivity contribution < 1.29 is 4.65 Å². The maximum atomic E-state index is 5.10. The van der Waals surface area contributed by atoms with E-state index < -0.39 is 0 Å². The van der Waals surface area contributed by atoms with Gasteiger partial charge in [0.1, 0.15) is 0 Å². The van der Waals surface area contributed by atoms with Crippen LogP contribution >= 0.6 is 0 Å². The molecule has 0 N–H and O–H groups in total. The summed E-state index contributed by atoms with van der Waals surface area (Å²) in [5.41, 5.74) is 2.26. The lowest BCUT2D eigenvalue weighted by atomic mass is 10.1. The third kappa shape index (κ3) is 1.79. The van der Waals surface area contributed by atoms with E-state index in [0.29, 0.717) is 5.75 Å². The van der Waals surface area contributed by atoms with Gasteiger partial charge in [-0.05, 0) is 23.3 Å². The van der Waals surface area contributed by atoms with Crippen LogP contribution in [0.2, 0.25) is 0 Å². The van der Waals surface area contributed by atoms with Gasteiger partial charge in [0.25, 0.3) is 0 Å². The standard InChI is InChI=1S/C12H9BO/c13-14-12-8-4-7-11(9-12)10-5-2-1-3-6-10/h1-9H. The Morgan fingerprint density at radius 2 is 1.50 bits per heavy atom. The Labute approximate surface area is 84.8 Å². The van der Waals surface area contributed by atoms with Crippen LogP contribution < -0.4 is 4.65 Å². The molecule has 0 fully saturated rings. The lowest BCUT2D eigenvalue weighted by molar-refractivity contribution is 0.616. The zero-order chi connectivity index (χ0) is 9.80. The largest absolute Gasteiger partial charge is 0.568 e. The van der Waals surface area contributed by atoms with Crippen molar-refractivity contribution in [1.29, 1.82) is 0 Å². The normalized spacial score (nSPS) is 9.71. The van der Waals surface area contributed by atoms with Crippen molar-refractivity contribution in [2.75, 3.05) is 0 Å². The zero-order valence-corrected chi connectivity index (χ0v) is 7.68. The molecule has 0 aliphatic carbocycles. The first-order valence-corrected chi connectivity index (χ1v) is 4.42. The lowest BCUT2D eigenvalue weighted by Crippen LogP contribution is -1.85. The van der Waals surface area contributed by atoms with Crippen LogP contribution in [0.3, 0.4) is 0 Å². The minimum atomic E-state index is 0.673. The first kappa shape index (κ1) is 8.88. The molecule has 0 spiro atoms. The minimum Gasteiger partial charge on any atom is -0.568 e. The van der Waals surface area contributed by atoms with Gasteiger partial charge in [0, 0.05) is 0 Å². The predicted molar refractivity (Wildman–Crippen MR) is 58.3 cm³/mol. The SMILES string of the molecule is [B]Oc1cccc(-c2ccccc2)c1. The van der Waals surface area contributed by atoms with E-state index in [1.54, 1.807) is 0 Å². The van der Waals surface area contributed by atoms with Crippen molar-refractivity contribution in [3.8, 4) is 16.9 Å². The van der Waals surface area contributed by atoms with E-state index in [1.165, 1.54) is 0 Å². The fourth-order valence-electron chi connectivity index (χ4n) is 1.38. The molecule has 2 heteroatoms. The van der Waals surface area contributed by atoms with Crippen molar-refractivity contribution in [3.05, 3.63) is 54.6 Å². The van der Waals surface area contributed by atoms with Gasteiger partial charge in [-0.3, -0.25) is 0 Å². The van der Waals surface area contributed by atoms with Gasteiger partial charge in [-0.2, -0.15) is 0 Å². The molecule has 66 valence electrons. The number of benzene rings is 2. The molecule has 2 rings (SSSR count). The number of rotatable bonds is 2. The minimum absolute atomic E-state index is 0.673. The molecule has 1 nitrogen and oxygen atoms in total. The molecule has 0 amide bonds. The molecule has 0 saturated heterocycles. The van der Waals surface area contributed by atoms with Crippen LogP contribution in [0, 0.1) is 0 Å². The Balaban J connectivity index is 2.42. The van der Waals surface area contributed by atoms with Gasteiger partial charge in [0.15, 0.2) is 0 Å². The maximum absolute atomic E-state index is 5.10. The average Bonchev–Trinajstić information content (AvgIpc) is 2.30. The molecule has 0 heterocycles. The summed E-state index contributed by atoms with van der Waals surface area (Å²) in [4.78, 5) is 0. The summed E-state index contributed by atoms with van der Waals surface area (Å²) in [6.07, 6.45) is 0. The molecule has 2 aromatic carbocycles. The molecule has 0 aromatic heterocycles. The molecule has 0 atom stereocenters. The lowest BCUT2D eigenvalue weighted by Gasteiger charge is -2.04. The van der Waals surface area contributed by atoms with Crippen LogP contribution in [0.5, 0.6) is 5.75 Å². The fraction of sp³-hybridized carbons (Fsp3) is 0. The third-order valence-electron chi connectivity index (χ3n) is 2.08. The molecular formula is C12H9BO. The molecular weight excluding hydrogens is 171 g/mol. The molecule has 2 aromatic rings. The van der Waals surface area contributed by atoms with E-state index in [4.69, 9.17) is 8.05 Å². The van der Waals surface area contributed by atoms with E-state index in [1.807, 2.05) is 42.5 Å². The molecule has 0 saturated carbocycles. The summed E-state index contributed by atoms with van der Waals surface area (Å²) >= 11 is 0. The number of hydrogen-bond donors (Lipinski definition) is 0. The average molecular weight is 180 g/mol. The summed E-state index contributed by atoms with van der Waals surface area (Å²) in [5, 5.41) is 0. The Morgan fingerprint density at radius 1 is 0.786 bits per heavy atom. The van der Waals surface area contributed by atoms with Crippen LogP contribution in [0.1, 0.15) is 0 Å². The summed E-state index contributed by atoms with van der Waals surface area (Å²) in [7, 11) is 5.10. The smallest absolute Gasteiger partial charge is 0.374 e. The third-order valence-corrected chi connectivity index (χ3v) is 2.08. The van der Waals surface area contributed by atoms with Gasteiger partial charge in [-0.15, -0.1) is 0 Å². The second kappa shape index (κ2) is 4.01. The van der Waals surface area contributed by atoms with Gasteiger partial charge in [0.05, 0.1) is 5.75 Å². The molecule has 0 bridgehead atoms. The second-order valence-corrected chi connectivity index (χ2v) is 3.01. The quantitative estimate of drug-likeness (QED) is 0.645. The Kier molecular flexibility index (Phi) is 2.54.